The van der Waals surface area contributed by atoms with Gasteiger partial charge in [0.15, 0.2) is 0 Å². The van der Waals surface area contributed by atoms with E-state index in [9.17, 15) is 9.59 Å². The van der Waals surface area contributed by atoms with Crippen LogP contribution in [0.15, 0.2) is 34.7 Å². The van der Waals surface area contributed by atoms with Crippen LogP contribution >= 0.6 is 46.3 Å². The van der Waals surface area contributed by atoms with E-state index < -0.39 is 5.97 Å². The predicted octanol–water partition coefficient (Wildman–Crippen LogP) is 5.31. The van der Waals surface area contributed by atoms with Gasteiger partial charge in [-0.05, 0) is 42.8 Å². The van der Waals surface area contributed by atoms with Crippen molar-refractivity contribution in [2.24, 2.45) is 0 Å². The Morgan fingerprint density at radius 3 is 2.71 bits per heavy atom. The van der Waals surface area contributed by atoms with Crippen LogP contribution in [-0.2, 0) is 4.74 Å². The van der Waals surface area contributed by atoms with E-state index in [0.29, 0.717) is 42.6 Å². The quantitative estimate of drug-likeness (QED) is 0.416. The molecule has 0 bridgehead atoms. The van der Waals surface area contributed by atoms with E-state index in [1.165, 1.54) is 30.2 Å². The highest BCUT2D eigenvalue weighted by atomic mass is 35.5. The van der Waals surface area contributed by atoms with Crippen LogP contribution in [-0.4, -0.2) is 35.0 Å². The number of benzene rings is 1. The molecule has 1 N–H and O–H groups in total. The van der Waals surface area contributed by atoms with Gasteiger partial charge >= 0.3 is 5.97 Å². The molecule has 0 aliphatic heterocycles. The van der Waals surface area contributed by atoms with E-state index in [2.05, 4.69) is 10.4 Å². The van der Waals surface area contributed by atoms with Gasteiger partial charge < -0.3 is 10.1 Å². The molecular formula is C18H15Cl2N3O3S2. The first kappa shape index (κ1) is 20.7. The number of nitrogens with zero attached hydrogens (tertiary/aromatic N) is 2. The Hall–Kier alpha value is -2.00. The topological polar surface area (TPSA) is 73.2 Å². The first-order chi connectivity index (χ1) is 13.4. The molecule has 3 aromatic rings. The number of carbonyl (C=O) groups excluding carboxylic acids is 2. The number of esters is 1. The molecule has 0 spiro atoms. The van der Waals surface area contributed by atoms with Gasteiger partial charge in [0.05, 0.1) is 34.8 Å². The SMILES string of the molecule is COC(=O)c1sccc1NC(=O)c1c(C)nn(-c2cc(Cl)ccc2Cl)c1SC. The molecule has 0 unspecified atom stereocenters. The van der Waals surface area contributed by atoms with Crippen molar-refractivity contribution >= 4 is 63.9 Å². The summed E-state index contributed by atoms with van der Waals surface area (Å²) in [5, 5.41) is 10.5. The molecule has 0 fully saturated rings. The van der Waals surface area contributed by atoms with Crippen molar-refractivity contribution in [3.63, 3.8) is 0 Å². The summed E-state index contributed by atoms with van der Waals surface area (Å²) >= 11 is 15.0. The number of halogens is 2. The van der Waals surface area contributed by atoms with E-state index in [0.717, 1.165) is 0 Å². The minimum Gasteiger partial charge on any atom is -0.465 e. The number of aryl methyl sites for hydroxylation is 1. The van der Waals surface area contributed by atoms with Gasteiger partial charge in [0.1, 0.15) is 9.90 Å². The summed E-state index contributed by atoms with van der Waals surface area (Å²) < 4.78 is 6.35. The number of methoxy groups -OCH3 is 1. The zero-order valence-electron chi connectivity index (χ0n) is 15.1. The van der Waals surface area contributed by atoms with Crippen molar-refractivity contribution in [1.29, 1.82) is 0 Å². The van der Waals surface area contributed by atoms with Crippen molar-refractivity contribution in [3.05, 3.63) is 55.8 Å². The Kier molecular flexibility index (Phi) is 6.34. The average Bonchev–Trinajstić information content (AvgIpc) is 3.26. The first-order valence-electron chi connectivity index (χ1n) is 7.93. The molecule has 3 rings (SSSR count). The van der Waals surface area contributed by atoms with Crippen LogP contribution in [0.3, 0.4) is 0 Å². The summed E-state index contributed by atoms with van der Waals surface area (Å²) in [5.41, 5.74) is 1.88. The smallest absolute Gasteiger partial charge is 0.350 e. The Labute approximate surface area is 179 Å². The molecule has 6 nitrogen and oxygen atoms in total. The number of rotatable bonds is 5. The summed E-state index contributed by atoms with van der Waals surface area (Å²) in [6.07, 6.45) is 1.84. The van der Waals surface area contributed by atoms with Crippen molar-refractivity contribution in [3.8, 4) is 5.69 Å². The maximum Gasteiger partial charge on any atom is 0.350 e. The number of anilines is 1. The molecule has 28 heavy (non-hydrogen) atoms. The third-order valence-corrected chi connectivity index (χ3v) is 6.07. The Balaban J connectivity index is 2.02. The molecule has 2 aromatic heterocycles. The van der Waals surface area contributed by atoms with E-state index in [1.807, 2.05) is 6.26 Å². The lowest BCUT2D eigenvalue weighted by Crippen LogP contribution is -2.15. The molecule has 146 valence electrons. The number of thioether (sulfide) groups is 1. The predicted molar refractivity (Wildman–Crippen MR) is 114 cm³/mol. The molecule has 0 aliphatic carbocycles. The summed E-state index contributed by atoms with van der Waals surface area (Å²) in [4.78, 5) is 25.2. The van der Waals surface area contributed by atoms with Gasteiger partial charge in [-0.1, -0.05) is 23.2 Å². The lowest BCUT2D eigenvalue weighted by atomic mass is 10.2. The van der Waals surface area contributed by atoms with Crippen LogP contribution < -0.4 is 5.32 Å². The normalized spacial score (nSPS) is 10.8. The molecule has 0 aliphatic rings. The standard InChI is InChI=1S/C18H15Cl2N3O3S2/c1-9-14(16(24)21-12-6-7-28-15(12)18(25)26-2)17(27-3)23(22-9)13-8-10(19)4-5-11(13)20/h4-8H,1-3H3,(H,21,24). The largest absolute Gasteiger partial charge is 0.465 e. The molecule has 0 saturated heterocycles. The number of amides is 1. The second-order valence-corrected chi connectivity index (χ2v) is 8.14. The van der Waals surface area contributed by atoms with Crippen LogP contribution in [0.25, 0.3) is 5.69 Å². The number of carbonyl (C=O) groups is 2. The number of hydrogen-bond acceptors (Lipinski definition) is 6. The van der Waals surface area contributed by atoms with Gasteiger partial charge in [-0.3, -0.25) is 4.79 Å². The maximum absolute atomic E-state index is 13.0. The molecule has 1 amide bonds. The molecular weight excluding hydrogens is 441 g/mol. The fourth-order valence-electron chi connectivity index (χ4n) is 2.61. The van der Waals surface area contributed by atoms with Crippen LogP contribution in [0.4, 0.5) is 5.69 Å². The van der Waals surface area contributed by atoms with Gasteiger partial charge in [0, 0.05) is 5.02 Å². The number of nitrogens with one attached hydrogen (secondary N) is 1. The average molecular weight is 456 g/mol. The molecule has 0 atom stereocenters. The Bertz CT molecular complexity index is 1060. The van der Waals surface area contributed by atoms with Crippen molar-refractivity contribution in [2.45, 2.75) is 11.9 Å². The lowest BCUT2D eigenvalue weighted by Gasteiger charge is -2.10. The number of ether oxygens (including phenoxy) is 1. The molecule has 0 saturated carbocycles. The molecule has 2 heterocycles. The van der Waals surface area contributed by atoms with Gasteiger partial charge in [-0.15, -0.1) is 23.1 Å². The van der Waals surface area contributed by atoms with E-state index in [1.54, 1.807) is 41.3 Å². The van der Waals surface area contributed by atoms with E-state index >= 15 is 0 Å². The van der Waals surface area contributed by atoms with Crippen LogP contribution in [0, 0.1) is 6.92 Å². The minimum atomic E-state index is -0.506. The second kappa shape index (κ2) is 8.57. The monoisotopic (exact) mass is 455 g/mol. The fourth-order valence-corrected chi connectivity index (χ4v) is 4.50. The van der Waals surface area contributed by atoms with Gasteiger partial charge in [-0.25, -0.2) is 9.48 Å². The molecule has 0 radical (unpaired) electrons. The number of aromatic nitrogens is 2. The first-order valence-corrected chi connectivity index (χ1v) is 10.8. The van der Waals surface area contributed by atoms with Crippen LogP contribution in [0.1, 0.15) is 25.7 Å². The van der Waals surface area contributed by atoms with Gasteiger partial charge in [-0.2, -0.15) is 5.10 Å². The van der Waals surface area contributed by atoms with Crippen molar-refractivity contribution in [2.75, 3.05) is 18.7 Å². The molecule has 10 heteroatoms. The summed E-state index contributed by atoms with van der Waals surface area (Å²) in [6, 6.07) is 6.70. The Morgan fingerprint density at radius 2 is 2.04 bits per heavy atom. The minimum absolute atomic E-state index is 0.324. The fraction of sp³-hybridized carbons (Fsp3) is 0.167. The number of thiophene rings is 1. The zero-order chi connectivity index (χ0) is 20.4. The molecule has 1 aromatic carbocycles. The van der Waals surface area contributed by atoms with Crippen molar-refractivity contribution < 1.29 is 14.3 Å². The lowest BCUT2D eigenvalue weighted by molar-refractivity contribution is 0.0607. The number of hydrogen-bond donors (Lipinski definition) is 1. The summed E-state index contributed by atoms with van der Waals surface area (Å²) in [7, 11) is 1.29. The third kappa shape index (κ3) is 3.91. The van der Waals surface area contributed by atoms with Gasteiger partial charge in [0.2, 0.25) is 0 Å². The highest BCUT2D eigenvalue weighted by molar-refractivity contribution is 7.98. The second-order valence-electron chi connectivity index (χ2n) is 5.59. The van der Waals surface area contributed by atoms with E-state index in [-0.39, 0.29) is 5.91 Å². The summed E-state index contributed by atoms with van der Waals surface area (Å²) in [5.74, 6) is -0.886. The summed E-state index contributed by atoms with van der Waals surface area (Å²) in [6.45, 7) is 1.73. The van der Waals surface area contributed by atoms with E-state index in [4.69, 9.17) is 27.9 Å². The highest BCUT2D eigenvalue weighted by Gasteiger charge is 2.25. The Morgan fingerprint density at radius 1 is 1.29 bits per heavy atom. The third-order valence-electron chi connectivity index (χ3n) is 3.86. The van der Waals surface area contributed by atoms with Crippen LogP contribution in [0.5, 0.6) is 0 Å². The maximum atomic E-state index is 13.0. The van der Waals surface area contributed by atoms with Gasteiger partial charge in [0.25, 0.3) is 5.91 Å². The zero-order valence-corrected chi connectivity index (χ0v) is 18.2. The highest BCUT2D eigenvalue weighted by Crippen LogP contribution is 2.32. The van der Waals surface area contributed by atoms with Crippen LogP contribution in [0.2, 0.25) is 10.0 Å². The van der Waals surface area contributed by atoms with Crippen molar-refractivity contribution in [1.82, 2.24) is 9.78 Å².